The van der Waals surface area contributed by atoms with Gasteiger partial charge in [-0.25, -0.2) is 8.42 Å². The average Bonchev–Trinajstić information content (AvgIpc) is 3.42. The maximum atomic E-state index is 13.8. The molecule has 0 unspecified atom stereocenters. The van der Waals surface area contributed by atoms with Gasteiger partial charge in [-0.15, -0.1) is 11.3 Å². The number of anilines is 1. The molecule has 11 heteroatoms. The number of rotatable bonds is 8. The minimum absolute atomic E-state index is 0.00706. The van der Waals surface area contributed by atoms with Gasteiger partial charge in [-0.1, -0.05) is 49.6 Å². The van der Waals surface area contributed by atoms with E-state index in [9.17, 15) is 18.0 Å². The fraction of sp³-hybridized carbons (Fsp3) is 0.455. The van der Waals surface area contributed by atoms with Gasteiger partial charge in [0.05, 0.1) is 23.7 Å². The van der Waals surface area contributed by atoms with E-state index in [0.29, 0.717) is 49.0 Å². The standard InChI is InChI=1S/C33H40N4O5S2/c1-35(26-10-6-3-7-11-26)44(40,41)27-14-12-25(13-15-27)31(38)34-32-30(33(39)37-18-20-42-21-19-37)28-16-17-36(23-29(28)43-32)22-24-8-4-2-5-9-24/h2,4-5,8-9,12-15,26H,3,6-7,10-11,16-23H2,1H3,(H,34,38). The molecule has 2 aliphatic heterocycles. The number of thiophene rings is 1. The number of nitrogens with zero attached hydrogens (tertiary/aromatic N) is 3. The first-order chi connectivity index (χ1) is 21.3. The molecule has 1 aromatic heterocycles. The number of ether oxygens (including phenoxy) is 1. The fourth-order valence-corrected chi connectivity index (χ4v) is 9.13. The lowest BCUT2D eigenvalue weighted by molar-refractivity contribution is 0.0302. The highest BCUT2D eigenvalue weighted by Gasteiger charge is 2.33. The lowest BCUT2D eigenvalue weighted by Crippen LogP contribution is -2.41. The second-order valence-corrected chi connectivity index (χ2v) is 15.0. The molecule has 3 aromatic rings. The topological polar surface area (TPSA) is 99.3 Å². The molecule has 2 amide bonds. The predicted octanol–water partition coefficient (Wildman–Crippen LogP) is 4.98. The number of carbonyl (C=O) groups excluding carboxylic acids is 2. The van der Waals surface area contributed by atoms with Gasteiger partial charge in [-0.3, -0.25) is 14.5 Å². The molecule has 0 bridgehead atoms. The number of morpholine rings is 1. The second-order valence-electron chi connectivity index (χ2n) is 11.9. The Bertz CT molecular complexity index is 1580. The van der Waals surface area contributed by atoms with E-state index >= 15 is 0 Å². The van der Waals surface area contributed by atoms with Crippen LogP contribution >= 0.6 is 11.3 Å². The molecule has 1 saturated heterocycles. The minimum atomic E-state index is -3.66. The Morgan fingerprint density at radius 3 is 2.39 bits per heavy atom. The average molecular weight is 637 g/mol. The van der Waals surface area contributed by atoms with Crippen LogP contribution in [0.4, 0.5) is 5.00 Å². The monoisotopic (exact) mass is 636 g/mol. The van der Waals surface area contributed by atoms with Crippen LogP contribution in [0.15, 0.2) is 59.5 Å². The Morgan fingerprint density at radius 1 is 0.977 bits per heavy atom. The van der Waals surface area contributed by atoms with Gasteiger partial charge in [0.2, 0.25) is 10.0 Å². The first kappa shape index (κ1) is 30.9. The summed E-state index contributed by atoms with van der Waals surface area (Å²) in [6, 6.07) is 16.4. The molecule has 1 saturated carbocycles. The molecule has 1 N–H and O–H groups in total. The fourth-order valence-electron chi connectivity index (χ4n) is 6.43. The summed E-state index contributed by atoms with van der Waals surface area (Å²) in [6.07, 6.45) is 5.69. The number of hydrogen-bond acceptors (Lipinski definition) is 7. The van der Waals surface area contributed by atoms with Gasteiger partial charge in [-0.2, -0.15) is 4.31 Å². The smallest absolute Gasteiger partial charge is 0.257 e. The van der Waals surface area contributed by atoms with Crippen molar-refractivity contribution in [3.8, 4) is 0 Å². The number of fused-ring (bicyclic) bond motifs is 1. The summed E-state index contributed by atoms with van der Waals surface area (Å²) in [7, 11) is -2.01. The summed E-state index contributed by atoms with van der Waals surface area (Å²) in [5.74, 6) is -0.449. The molecular formula is C33H40N4O5S2. The number of carbonyl (C=O) groups is 2. The van der Waals surface area contributed by atoms with Crippen LogP contribution < -0.4 is 5.32 Å². The Kier molecular flexibility index (Phi) is 9.48. The summed E-state index contributed by atoms with van der Waals surface area (Å²) in [5.41, 5.74) is 3.17. The summed E-state index contributed by atoms with van der Waals surface area (Å²) in [4.78, 5) is 32.8. The second kappa shape index (κ2) is 13.5. The van der Waals surface area contributed by atoms with Crippen molar-refractivity contribution in [3.63, 3.8) is 0 Å². The van der Waals surface area contributed by atoms with E-state index in [4.69, 9.17) is 4.74 Å². The van der Waals surface area contributed by atoms with Gasteiger partial charge in [0.25, 0.3) is 11.8 Å². The molecular weight excluding hydrogens is 597 g/mol. The van der Waals surface area contributed by atoms with Crippen molar-refractivity contribution in [3.05, 3.63) is 81.7 Å². The quantitative estimate of drug-likeness (QED) is 0.375. The highest BCUT2D eigenvalue weighted by atomic mass is 32.2. The molecule has 6 rings (SSSR count). The van der Waals surface area contributed by atoms with Crippen LogP contribution in [0.25, 0.3) is 0 Å². The lowest BCUT2D eigenvalue weighted by atomic mass is 9.96. The van der Waals surface area contributed by atoms with Gasteiger partial charge in [0.1, 0.15) is 5.00 Å². The zero-order chi connectivity index (χ0) is 30.7. The molecule has 3 aliphatic rings. The van der Waals surface area contributed by atoms with Crippen LogP contribution in [-0.2, 0) is 34.3 Å². The highest BCUT2D eigenvalue weighted by molar-refractivity contribution is 7.89. The first-order valence-electron chi connectivity index (χ1n) is 15.5. The van der Waals surface area contributed by atoms with Crippen molar-refractivity contribution in [2.24, 2.45) is 0 Å². The third-order valence-electron chi connectivity index (χ3n) is 9.01. The number of nitrogens with one attached hydrogen (secondary N) is 1. The molecule has 0 spiro atoms. The van der Waals surface area contributed by atoms with E-state index in [0.717, 1.165) is 62.1 Å². The molecule has 2 aromatic carbocycles. The third kappa shape index (κ3) is 6.62. The molecule has 3 heterocycles. The van der Waals surface area contributed by atoms with E-state index in [1.807, 2.05) is 18.2 Å². The van der Waals surface area contributed by atoms with Gasteiger partial charge in [0.15, 0.2) is 0 Å². The predicted molar refractivity (Wildman–Crippen MR) is 172 cm³/mol. The van der Waals surface area contributed by atoms with E-state index in [2.05, 4.69) is 22.3 Å². The van der Waals surface area contributed by atoms with Gasteiger partial charge >= 0.3 is 0 Å². The Balaban J connectivity index is 1.22. The van der Waals surface area contributed by atoms with Crippen LogP contribution in [0.1, 0.15) is 68.8 Å². The van der Waals surface area contributed by atoms with Gasteiger partial charge < -0.3 is 15.0 Å². The highest BCUT2D eigenvalue weighted by Crippen LogP contribution is 2.39. The normalized spacial score (nSPS) is 18.3. The molecule has 0 radical (unpaired) electrons. The van der Waals surface area contributed by atoms with Crippen molar-refractivity contribution in [1.82, 2.24) is 14.1 Å². The maximum Gasteiger partial charge on any atom is 0.257 e. The third-order valence-corrected chi connectivity index (χ3v) is 12.1. The van der Waals surface area contributed by atoms with E-state index in [1.54, 1.807) is 24.1 Å². The summed E-state index contributed by atoms with van der Waals surface area (Å²) >= 11 is 1.46. The summed E-state index contributed by atoms with van der Waals surface area (Å²) in [6.45, 7) is 4.36. The molecule has 234 valence electrons. The molecule has 0 atom stereocenters. The van der Waals surface area contributed by atoms with Crippen LogP contribution in [0.5, 0.6) is 0 Å². The van der Waals surface area contributed by atoms with Crippen molar-refractivity contribution in [1.29, 1.82) is 0 Å². The Morgan fingerprint density at radius 2 is 1.68 bits per heavy atom. The van der Waals surface area contributed by atoms with Gasteiger partial charge in [0, 0.05) is 56.3 Å². The molecule has 2 fully saturated rings. The van der Waals surface area contributed by atoms with Crippen LogP contribution in [-0.4, -0.2) is 80.3 Å². The zero-order valence-corrected chi connectivity index (χ0v) is 26.8. The van der Waals surface area contributed by atoms with Crippen LogP contribution in [0.2, 0.25) is 0 Å². The Labute approximate surface area is 263 Å². The minimum Gasteiger partial charge on any atom is -0.378 e. The lowest BCUT2D eigenvalue weighted by Gasteiger charge is -2.30. The molecule has 9 nitrogen and oxygen atoms in total. The van der Waals surface area contributed by atoms with Gasteiger partial charge in [-0.05, 0) is 54.7 Å². The van der Waals surface area contributed by atoms with Crippen molar-refractivity contribution >= 4 is 38.2 Å². The molecule has 1 aliphatic carbocycles. The number of hydrogen-bond donors (Lipinski definition) is 1. The van der Waals surface area contributed by atoms with Crippen LogP contribution in [0.3, 0.4) is 0 Å². The number of amides is 2. The van der Waals surface area contributed by atoms with E-state index in [-0.39, 0.29) is 22.8 Å². The van der Waals surface area contributed by atoms with Crippen molar-refractivity contribution in [2.45, 2.75) is 62.6 Å². The summed E-state index contributed by atoms with van der Waals surface area (Å²) in [5, 5.41) is 3.57. The first-order valence-corrected chi connectivity index (χ1v) is 17.7. The van der Waals surface area contributed by atoms with Crippen molar-refractivity contribution < 1.29 is 22.7 Å². The Hall–Kier alpha value is -3.09. The zero-order valence-electron chi connectivity index (χ0n) is 25.2. The number of sulfonamides is 1. The SMILES string of the molecule is CN(C1CCCCC1)S(=O)(=O)c1ccc(C(=O)Nc2sc3c(c2C(=O)N2CCOCC2)CCN(Cc2ccccc2)C3)cc1. The maximum absolute atomic E-state index is 13.8. The summed E-state index contributed by atoms with van der Waals surface area (Å²) < 4.78 is 33.6. The van der Waals surface area contributed by atoms with Crippen molar-refractivity contribution in [2.75, 3.05) is 45.2 Å². The molecule has 44 heavy (non-hydrogen) atoms. The van der Waals surface area contributed by atoms with Crippen LogP contribution in [0, 0.1) is 0 Å². The van der Waals surface area contributed by atoms with E-state index in [1.165, 1.54) is 33.3 Å². The number of benzene rings is 2. The largest absolute Gasteiger partial charge is 0.378 e. The van der Waals surface area contributed by atoms with E-state index < -0.39 is 10.0 Å².